The number of amides is 1. The Morgan fingerprint density at radius 3 is 2.89 bits per heavy atom. The van der Waals surface area contributed by atoms with Gasteiger partial charge in [0.05, 0.1) is 18.4 Å². The van der Waals surface area contributed by atoms with E-state index in [0.29, 0.717) is 23.4 Å². The van der Waals surface area contributed by atoms with Gasteiger partial charge in [0.1, 0.15) is 5.15 Å². The summed E-state index contributed by atoms with van der Waals surface area (Å²) in [5, 5.41) is 6.55. The number of hydrogen-bond acceptors (Lipinski definition) is 3. The third-order valence-corrected chi connectivity index (χ3v) is 3.60. The first-order valence-electron chi connectivity index (χ1n) is 6.30. The SMILES string of the molecule is Cc1cc(NC(=O)CNC2CCCC2)cnc1Cl. The first-order chi connectivity index (χ1) is 8.65. The molecule has 0 aliphatic heterocycles. The van der Waals surface area contributed by atoms with Crippen LogP contribution in [0.3, 0.4) is 0 Å². The lowest BCUT2D eigenvalue weighted by atomic mass is 10.2. The summed E-state index contributed by atoms with van der Waals surface area (Å²) in [5.41, 5.74) is 1.55. The highest BCUT2D eigenvalue weighted by Crippen LogP contribution is 2.18. The number of pyridine rings is 1. The van der Waals surface area contributed by atoms with Crippen molar-refractivity contribution in [3.63, 3.8) is 0 Å². The highest BCUT2D eigenvalue weighted by atomic mass is 35.5. The van der Waals surface area contributed by atoms with Crippen LogP contribution in [-0.4, -0.2) is 23.5 Å². The quantitative estimate of drug-likeness (QED) is 0.825. The van der Waals surface area contributed by atoms with Gasteiger partial charge in [-0.2, -0.15) is 0 Å². The summed E-state index contributed by atoms with van der Waals surface area (Å²) in [6.07, 6.45) is 6.45. The average Bonchev–Trinajstić information content (AvgIpc) is 2.84. The number of carbonyl (C=O) groups is 1. The van der Waals surface area contributed by atoms with E-state index in [9.17, 15) is 4.79 Å². The van der Waals surface area contributed by atoms with Crippen molar-refractivity contribution in [2.24, 2.45) is 0 Å². The van der Waals surface area contributed by atoms with E-state index in [1.54, 1.807) is 6.20 Å². The van der Waals surface area contributed by atoms with Crippen molar-refractivity contribution in [2.45, 2.75) is 38.6 Å². The fraction of sp³-hybridized carbons (Fsp3) is 0.538. The van der Waals surface area contributed by atoms with Crippen molar-refractivity contribution >= 4 is 23.2 Å². The van der Waals surface area contributed by atoms with Crippen molar-refractivity contribution in [1.82, 2.24) is 10.3 Å². The van der Waals surface area contributed by atoms with Crippen molar-refractivity contribution in [3.05, 3.63) is 23.0 Å². The molecule has 0 atom stereocenters. The van der Waals surface area contributed by atoms with Gasteiger partial charge in [-0.1, -0.05) is 24.4 Å². The van der Waals surface area contributed by atoms with Crippen molar-refractivity contribution in [3.8, 4) is 0 Å². The van der Waals surface area contributed by atoms with Crippen LogP contribution in [0.25, 0.3) is 0 Å². The van der Waals surface area contributed by atoms with Crippen LogP contribution in [0, 0.1) is 6.92 Å². The van der Waals surface area contributed by atoms with Gasteiger partial charge < -0.3 is 10.6 Å². The molecule has 18 heavy (non-hydrogen) atoms. The number of halogens is 1. The molecule has 0 saturated heterocycles. The Morgan fingerprint density at radius 1 is 1.50 bits per heavy atom. The maximum Gasteiger partial charge on any atom is 0.238 e. The first kappa shape index (κ1) is 13.3. The van der Waals surface area contributed by atoms with E-state index in [2.05, 4.69) is 15.6 Å². The highest BCUT2D eigenvalue weighted by molar-refractivity contribution is 6.30. The smallest absolute Gasteiger partial charge is 0.238 e. The summed E-state index contributed by atoms with van der Waals surface area (Å²) in [5.74, 6) is -0.0366. The summed E-state index contributed by atoms with van der Waals surface area (Å²) >= 11 is 5.83. The van der Waals surface area contributed by atoms with Gasteiger partial charge in [-0.3, -0.25) is 4.79 Å². The predicted octanol–water partition coefficient (Wildman–Crippen LogP) is 2.51. The fourth-order valence-corrected chi connectivity index (χ4v) is 2.30. The number of nitrogens with one attached hydrogen (secondary N) is 2. The van der Waals surface area contributed by atoms with Crippen LogP contribution in [0.15, 0.2) is 12.3 Å². The maximum atomic E-state index is 11.7. The van der Waals surface area contributed by atoms with Gasteiger partial charge in [-0.25, -0.2) is 4.98 Å². The predicted molar refractivity (Wildman–Crippen MR) is 72.9 cm³/mol. The van der Waals surface area contributed by atoms with Crippen molar-refractivity contribution in [2.75, 3.05) is 11.9 Å². The lowest BCUT2D eigenvalue weighted by Crippen LogP contribution is -2.34. The normalized spacial score (nSPS) is 15.9. The molecule has 2 N–H and O–H groups in total. The molecule has 0 bridgehead atoms. The summed E-state index contributed by atoms with van der Waals surface area (Å²) in [6, 6.07) is 2.32. The lowest BCUT2D eigenvalue weighted by Gasteiger charge is -2.11. The summed E-state index contributed by atoms with van der Waals surface area (Å²) in [6.45, 7) is 2.22. The van der Waals surface area contributed by atoms with Gasteiger partial charge >= 0.3 is 0 Å². The van der Waals surface area contributed by atoms with Crippen LogP contribution in [-0.2, 0) is 4.79 Å². The van der Waals surface area contributed by atoms with E-state index in [-0.39, 0.29) is 5.91 Å². The molecule has 1 amide bonds. The molecule has 0 spiro atoms. The van der Waals surface area contributed by atoms with E-state index in [4.69, 9.17) is 11.6 Å². The lowest BCUT2D eigenvalue weighted by molar-refractivity contribution is -0.115. The molecular formula is C13H18ClN3O. The number of rotatable bonds is 4. The zero-order valence-electron chi connectivity index (χ0n) is 10.5. The molecule has 1 fully saturated rings. The fourth-order valence-electron chi connectivity index (χ4n) is 2.20. The summed E-state index contributed by atoms with van der Waals surface area (Å²) in [4.78, 5) is 15.7. The highest BCUT2D eigenvalue weighted by Gasteiger charge is 2.15. The average molecular weight is 268 g/mol. The maximum absolute atomic E-state index is 11.7. The molecule has 5 heteroatoms. The third kappa shape index (κ3) is 3.68. The van der Waals surface area contributed by atoms with Gasteiger partial charge in [0, 0.05) is 6.04 Å². The molecule has 0 unspecified atom stereocenters. The monoisotopic (exact) mass is 267 g/mol. The van der Waals surface area contributed by atoms with Gasteiger partial charge in [-0.05, 0) is 31.4 Å². The van der Waals surface area contributed by atoms with Gasteiger partial charge in [0.25, 0.3) is 0 Å². The molecule has 98 valence electrons. The second-order valence-corrected chi connectivity index (χ2v) is 5.10. The first-order valence-corrected chi connectivity index (χ1v) is 6.68. The van der Waals surface area contributed by atoms with Crippen molar-refractivity contribution in [1.29, 1.82) is 0 Å². The number of carbonyl (C=O) groups excluding carboxylic acids is 1. The van der Waals surface area contributed by atoms with E-state index in [1.807, 2.05) is 13.0 Å². The van der Waals surface area contributed by atoms with Crippen LogP contribution in [0.1, 0.15) is 31.2 Å². The second kappa shape index (κ2) is 6.16. The number of aryl methyl sites for hydroxylation is 1. The standard InChI is InChI=1S/C13H18ClN3O/c1-9-6-11(7-16-13(9)14)17-12(18)8-15-10-4-2-3-5-10/h6-7,10,15H,2-5,8H2,1H3,(H,17,18). The van der Waals surface area contributed by atoms with E-state index < -0.39 is 0 Å². The Bertz CT molecular complexity index is 430. The Balaban J connectivity index is 1.80. The topological polar surface area (TPSA) is 54.0 Å². The Labute approximate surface area is 112 Å². The molecular weight excluding hydrogens is 250 g/mol. The molecule has 1 saturated carbocycles. The van der Waals surface area contributed by atoms with E-state index in [1.165, 1.54) is 25.7 Å². The van der Waals surface area contributed by atoms with Gasteiger partial charge in [-0.15, -0.1) is 0 Å². The van der Waals surface area contributed by atoms with Crippen LogP contribution >= 0.6 is 11.6 Å². The van der Waals surface area contributed by atoms with Gasteiger partial charge in [0.15, 0.2) is 0 Å². The number of anilines is 1. The minimum atomic E-state index is -0.0366. The Morgan fingerprint density at radius 2 is 2.22 bits per heavy atom. The van der Waals surface area contributed by atoms with E-state index >= 15 is 0 Å². The molecule has 1 aromatic rings. The molecule has 1 aliphatic carbocycles. The van der Waals surface area contributed by atoms with Gasteiger partial charge in [0.2, 0.25) is 5.91 Å². The number of aromatic nitrogens is 1. The number of hydrogen-bond donors (Lipinski definition) is 2. The minimum Gasteiger partial charge on any atom is -0.324 e. The molecule has 1 aliphatic rings. The Hall–Kier alpha value is -1.13. The second-order valence-electron chi connectivity index (χ2n) is 4.74. The molecule has 1 aromatic heterocycles. The molecule has 4 nitrogen and oxygen atoms in total. The van der Waals surface area contributed by atoms with Crippen LogP contribution in [0.5, 0.6) is 0 Å². The molecule has 1 heterocycles. The molecule has 0 radical (unpaired) electrons. The van der Waals surface area contributed by atoms with E-state index in [0.717, 1.165) is 5.56 Å². The van der Waals surface area contributed by atoms with Crippen LogP contribution < -0.4 is 10.6 Å². The third-order valence-electron chi connectivity index (χ3n) is 3.20. The van der Waals surface area contributed by atoms with Crippen molar-refractivity contribution < 1.29 is 4.79 Å². The minimum absolute atomic E-state index is 0.0366. The zero-order chi connectivity index (χ0) is 13.0. The summed E-state index contributed by atoms with van der Waals surface area (Å²) < 4.78 is 0. The Kier molecular flexibility index (Phi) is 4.55. The summed E-state index contributed by atoms with van der Waals surface area (Å²) in [7, 11) is 0. The number of nitrogens with zero attached hydrogens (tertiary/aromatic N) is 1. The molecule has 2 rings (SSSR count). The largest absolute Gasteiger partial charge is 0.324 e. The molecule has 0 aromatic carbocycles. The zero-order valence-corrected chi connectivity index (χ0v) is 11.3. The van der Waals surface area contributed by atoms with Crippen LogP contribution in [0.4, 0.5) is 5.69 Å². The van der Waals surface area contributed by atoms with Crippen LogP contribution in [0.2, 0.25) is 5.15 Å².